The van der Waals surface area contributed by atoms with Crippen molar-refractivity contribution in [3.8, 4) is 0 Å². The van der Waals surface area contributed by atoms with Crippen molar-refractivity contribution in [1.82, 2.24) is 4.90 Å². The zero-order valence-electron chi connectivity index (χ0n) is 17.7. The summed E-state index contributed by atoms with van der Waals surface area (Å²) in [4.78, 5) is 13.1. The summed E-state index contributed by atoms with van der Waals surface area (Å²) >= 11 is 11.8. The summed E-state index contributed by atoms with van der Waals surface area (Å²) in [7, 11) is 0. The molecule has 3 rings (SSSR count). The van der Waals surface area contributed by atoms with Crippen molar-refractivity contribution in [1.29, 1.82) is 0 Å². The van der Waals surface area contributed by atoms with Crippen molar-refractivity contribution in [2.24, 2.45) is 0 Å². The normalized spacial score (nSPS) is 10.6. The van der Waals surface area contributed by atoms with E-state index in [2.05, 4.69) is 38.2 Å². The predicted molar refractivity (Wildman–Crippen MR) is 128 cm³/mol. The van der Waals surface area contributed by atoms with Crippen LogP contribution in [0.3, 0.4) is 0 Å². The van der Waals surface area contributed by atoms with Gasteiger partial charge in [0.15, 0.2) is 5.11 Å². The highest BCUT2D eigenvalue weighted by atomic mass is 35.5. The first kappa shape index (κ1) is 22.8. The van der Waals surface area contributed by atoms with Crippen LogP contribution in [-0.4, -0.2) is 16.0 Å². The lowest BCUT2D eigenvalue weighted by atomic mass is 10.1. The molecule has 4 nitrogen and oxygen atoms in total. The van der Waals surface area contributed by atoms with Gasteiger partial charge in [0.1, 0.15) is 0 Å². The average molecular weight is 452 g/mol. The van der Waals surface area contributed by atoms with Gasteiger partial charge in [0.2, 0.25) is 0 Å². The van der Waals surface area contributed by atoms with Gasteiger partial charge >= 0.3 is 0 Å². The highest BCUT2D eigenvalue weighted by molar-refractivity contribution is 7.80. The fourth-order valence-corrected chi connectivity index (χ4v) is 3.90. The van der Waals surface area contributed by atoms with Crippen LogP contribution in [0.5, 0.6) is 0 Å². The summed E-state index contributed by atoms with van der Waals surface area (Å²) in [5.74, 6) is -1.19. The van der Waals surface area contributed by atoms with E-state index in [1.165, 1.54) is 5.56 Å². The first-order valence-corrected chi connectivity index (χ1v) is 10.7. The molecule has 0 aliphatic heterocycles. The Hall–Kier alpha value is -2.89. The van der Waals surface area contributed by atoms with Crippen LogP contribution in [0, 0.1) is 20.8 Å². The highest BCUT2D eigenvalue weighted by Gasteiger charge is 2.14. The van der Waals surface area contributed by atoms with Crippen LogP contribution >= 0.6 is 23.8 Å². The Kier molecular flexibility index (Phi) is 7.31. The summed E-state index contributed by atoms with van der Waals surface area (Å²) in [5.41, 5.74) is 6.63. The number of aryl methyl sites for hydroxylation is 3. The van der Waals surface area contributed by atoms with E-state index < -0.39 is 5.97 Å². The van der Waals surface area contributed by atoms with Crippen molar-refractivity contribution in [3.63, 3.8) is 0 Å². The van der Waals surface area contributed by atoms with Crippen LogP contribution in [0.25, 0.3) is 0 Å². The van der Waals surface area contributed by atoms with Gasteiger partial charge in [-0.15, -0.1) is 0 Å². The molecule has 1 N–H and O–H groups in total. The Bertz CT molecular complexity index is 1070. The van der Waals surface area contributed by atoms with E-state index in [-0.39, 0.29) is 5.56 Å². The first-order chi connectivity index (χ1) is 14.7. The SMILES string of the molecule is Cc1cc(C)c(NC(=S)N(Cc2ccc(Cl)cc2)Cc2ccc(C(=O)[O-])cc2)c(C)c1. The third-order valence-electron chi connectivity index (χ3n) is 5.05. The van der Waals surface area contributed by atoms with E-state index in [0.717, 1.165) is 27.9 Å². The summed E-state index contributed by atoms with van der Waals surface area (Å²) in [6.07, 6.45) is 0. The Morgan fingerprint density at radius 3 is 1.90 bits per heavy atom. The number of rotatable bonds is 6. The molecule has 0 fully saturated rings. The molecule has 0 radical (unpaired) electrons. The molecule has 0 aromatic heterocycles. The molecular weight excluding hydrogens is 428 g/mol. The third kappa shape index (κ3) is 6.06. The van der Waals surface area contributed by atoms with Crippen molar-refractivity contribution >= 4 is 40.6 Å². The summed E-state index contributed by atoms with van der Waals surface area (Å²) in [5, 5.41) is 15.7. The Balaban J connectivity index is 1.86. The fourth-order valence-electron chi connectivity index (χ4n) is 3.54. The lowest BCUT2D eigenvalue weighted by Gasteiger charge is -2.27. The standard InChI is InChI=1S/C25H25ClN2O2S/c1-16-12-17(2)23(18(3)13-16)27-25(31)28(15-20-6-10-22(26)11-7-20)14-19-4-8-21(9-5-19)24(29)30/h4-13H,14-15H2,1-3H3,(H,27,31)(H,29,30)/p-1. The van der Waals surface area contributed by atoms with E-state index in [1.54, 1.807) is 24.3 Å². The quantitative estimate of drug-likeness (QED) is 0.533. The monoisotopic (exact) mass is 451 g/mol. The van der Waals surface area contributed by atoms with E-state index in [9.17, 15) is 9.90 Å². The van der Waals surface area contributed by atoms with Crippen LogP contribution in [-0.2, 0) is 13.1 Å². The van der Waals surface area contributed by atoms with Gasteiger partial charge in [0.05, 0.1) is 5.97 Å². The first-order valence-electron chi connectivity index (χ1n) is 9.91. The number of hydrogen-bond acceptors (Lipinski definition) is 3. The predicted octanol–water partition coefficient (Wildman–Crippen LogP) is 5.03. The van der Waals surface area contributed by atoms with E-state index in [4.69, 9.17) is 23.8 Å². The summed E-state index contributed by atoms with van der Waals surface area (Å²) < 4.78 is 0. The molecule has 0 atom stereocenters. The van der Waals surface area contributed by atoms with E-state index >= 15 is 0 Å². The maximum atomic E-state index is 11.0. The third-order valence-corrected chi connectivity index (χ3v) is 5.66. The number of nitrogens with zero attached hydrogens (tertiary/aromatic N) is 1. The maximum Gasteiger partial charge on any atom is 0.174 e. The maximum absolute atomic E-state index is 11.0. The zero-order valence-corrected chi connectivity index (χ0v) is 19.3. The van der Waals surface area contributed by atoms with Crippen LogP contribution in [0.2, 0.25) is 5.02 Å². The lowest BCUT2D eigenvalue weighted by molar-refractivity contribution is -0.255. The number of aromatic carboxylic acids is 1. The molecule has 6 heteroatoms. The smallest absolute Gasteiger partial charge is 0.174 e. The van der Waals surface area contributed by atoms with Gasteiger partial charge in [-0.2, -0.15) is 0 Å². The topological polar surface area (TPSA) is 55.4 Å². The van der Waals surface area contributed by atoms with Gasteiger partial charge in [0, 0.05) is 23.8 Å². The summed E-state index contributed by atoms with van der Waals surface area (Å²) in [6, 6.07) is 18.6. The minimum Gasteiger partial charge on any atom is -0.545 e. The molecular formula is C25H24ClN2O2S-. The molecule has 0 unspecified atom stereocenters. The highest BCUT2D eigenvalue weighted by Crippen LogP contribution is 2.23. The van der Waals surface area contributed by atoms with E-state index in [1.807, 2.05) is 29.2 Å². The van der Waals surface area contributed by atoms with Gasteiger partial charge in [-0.25, -0.2) is 0 Å². The number of carboxylic acids is 1. The Labute approximate surface area is 193 Å². The van der Waals surface area contributed by atoms with Crippen molar-refractivity contribution in [2.45, 2.75) is 33.9 Å². The molecule has 160 valence electrons. The number of carbonyl (C=O) groups is 1. The Morgan fingerprint density at radius 2 is 1.42 bits per heavy atom. The van der Waals surface area contributed by atoms with Crippen molar-refractivity contribution < 1.29 is 9.90 Å². The second kappa shape index (κ2) is 9.94. The largest absolute Gasteiger partial charge is 0.545 e. The minimum absolute atomic E-state index is 0.152. The fraction of sp³-hybridized carbons (Fsp3) is 0.200. The number of hydrogen-bond donors (Lipinski definition) is 1. The molecule has 31 heavy (non-hydrogen) atoms. The number of carbonyl (C=O) groups excluding carboxylic acids is 1. The number of carboxylic acid groups (broad SMARTS) is 1. The van der Waals surface area contributed by atoms with Gasteiger partial charge < -0.3 is 20.1 Å². The number of benzene rings is 3. The van der Waals surface area contributed by atoms with Crippen molar-refractivity contribution in [2.75, 3.05) is 5.32 Å². The van der Waals surface area contributed by atoms with Crippen molar-refractivity contribution in [3.05, 3.63) is 99.1 Å². The van der Waals surface area contributed by atoms with Crippen LogP contribution in [0.4, 0.5) is 5.69 Å². The molecule has 0 bridgehead atoms. The molecule has 0 spiro atoms. The molecule has 0 aliphatic carbocycles. The van der Waals surface area contributed by atoms with Gasteiger partial charge in [0.25, 0.3) is 0 Å². The van der Waals surface area contributed by atoms with Gasteiger partial charge in [-0.1, -0.05) is 65.7 Å². The van der Waals surface area contributed by atoms with Gasteiger partial charge in [-0.3, -0.25) is 0 Å². The van der Waals surface area contributed by atoms with Crippen LogP contribution in [0.15, 0.2) is 60.7 Å². The molecule has 0 aliphatic rings. The lowest BCUT2D eigenvalue weighted by Crippen LogP contribution is -2.34. The molecule has 3 aromatic carbocycles. The second-order valence-corrected chi connectivity index (χ2v) is 8.49. The molecule has 0 saturated carbocycles. The number of anilines is 1. The van der Waals surface area contributed by atoms with Crippen LogP contribution < -0.4 is 10.4 Å². The Morgan fingerprint density at radius 1 is 0.935 bits per heavy atom. The number of thiocarbonyl (C=S) groups is 1. The summed E-state index contributed by atoms with van der Waals surface area (Å²) in [6.45, 7) is 7.30. The average Bonchev–Trinajstić information content (AvgIpc) is 2.72. The van der Waals surface area contributed by atoms with Gasteiger partial charge in [-0.05, 0) is 72.9 Å². The molecule has 0 amide bonds. The second-order valence-electron chi connectivity index (χ2n) is 7.67. The number of halogens is 1. The number of nitrogens with one attached hydrogen (secondary N) is 1. The van der Waals surface area contributed by atoms with Crippen LogP contribution in [0.1, 0.15) is 38.2 Å². The zero-order chi connectivity index (χ0) is 22.5. The molecule has 3 aromatic rings. The molecule has 0 saturated heterocycles. The molecule has 0 heterocycles. The minimum atomic E-state index is -1.19. The van der Waals surface area contributed by atoms with E-state index in [0.29, 0.717) is 23.2 Å².